The fourth-order valence-electron chi connectivity index (χ4n) is 2.25. The van der Waals surface area contributed by atoms with Crippen LogP contribution >= 0.6 is 11.6 Å². The fourth-order valence-corrected chi connectivity index (χ4v) is 2.45. The van der Waals surface area contributed by atoms with Crippen molar-refractivity contribution < 1.29 is 9.53 Å². The van der Waals surface area contributed by atoms with E-state index in [0.717, 1.165) is 17.0 Å². The van der Waals surface area contributed by atoms with Crippen molar-refractivity contribution in [1.29, 1.82) is 0 Å². The van der Waals surface area contributed by atoms with Gasteiger partial charge in [-0.25, -0.2) is 0 Å². The number of ether oxygens (including phenoxy) is 1. The number of carbonyl (C=O) groups is 1. The van der Waals surface area contributed by atoms with Crippen LogP contribution in [0.4, 0.5) is 5.69 Å². The van der Waals surface area contributed by atoms with E-state index in [0.29, 0.717) is 5.02 Å². The lowest BCUT2D eigenvalue weighted by atomic mass is 10.1. The molecular weight excluding hydrogens is 312 g/mol. The summed E-state index contributed by atoms with van der Waals surface area (Å²) in [4.78, 5) is 12.3. The highest BCUT2D eigenvalue weighted by atomic mass is 35.5. The maximum atomic E-state index is 12.3. The van der Waals surface area contributed by atoms with Crippen molar-refractivity contribution >= 4 is 23.2 Å². The van der Waals surface area contributed by atoms with Gasteiger partial charge in [-0.05, 0) is 55.8 Å². The Morgan fingerprint density at radius 3 is 2.43 bits per heavy atom. The van der Waals surface area contributed by atoms with Crippen molar-refractivity contribution in [3.63, 3.8) is 0 Å². The summed E-state index contributed by atoms with van der Waals surface area (Å²) >= 11 is 6.00. The zero-order valence-electron chi connectivity index (χ0n) is 13.5. The summed E-state index contributed by atoms with van der Waals surface area (Å²) in [5.74, 6) is 0.660. The summed E-state index contributed by atoms with van der Waals surface area (Å²) in [6, 6.07) is 14.5. The van der Waals surface area contributed by atoms with E-state index in [-0.39, 0.29) is 18.0 Å². The molecule has 122 valence electrons. The molecular formula is C18H21ClN2O2. The molecule has 2 N–H and O–H groups in total. The van der Waals surface area contributed by atoms with Gasteiger partial charge in [-0.15, -0.1) is 0 Å². The molecule has 0 heterocycles. The Hall–Kier alpha value is -2.04. The van der Waals surface area contributed by atoms with Gasteiger partial charge < -0.3 is 10.1 Å². The third-order valence-corrected chi connectivity index (χ3v) is 3.83. The molecule has 0 spiro atoms. The van der Waals surface area contributed by atoms with Crippen molar-refractivity contribution in [2.45, 2.75) is 25.9 Å². The topological polar surface area (TPSA) is 50.4 Å². The van der Waals surface area contributed by atoms with E-state index in [1.807, 2.05) is 62.4 Å². The SMILES string of the molecule is COc1ccc(NC(=O)C(C)NC(C)c2cccc(Cl)c2)cc1. The number of benzene rings is 2. The quantitative estimate of drug-likeness (QED) is 0.839. The van der Waals surface area contributed by atoms with Crippen LogP contribution in [-0.2, 0) is 4.79 Å². The maximum Gasteiger partial charge on any atom is 0.241 e. The highest BCUT2D eigenvalue weighted by Crippen LogP contribution is 2.18. The molecule has 1 amide bonds. The number of amides is 1. The standard InChI is InChI=1S/C18H21ClN2O2/c1-12(14-5-4-6-15(19)11-14)20-13(2)18(22)21-16-7-9-17(23-3)10-8-16/h4-13,20H,1-3H3,(H,21,22). The second kappa shape index (κ2) is 7.99. The molecule has 0 saturated heterocycles. The van der Waals surface area contributed by atoms with Crippen LogP contribution in [0.5, 0.6) is 5.75 Å². The molecule has 2 unspecified atom stereocenters. The Morgan fingerprint density at radius 1 is 1.13 bits per heavy atom. The Kier molecular flexibility index (Phi) is 6.02. The molecule has 0 fully saturated rings. The predicted octanol–water partition coefficient (Wildman–Crippen LogP) is 4.03. The number of hydrogen-bond donors (Lipinski definition) is 2. The second-order valence-electron chi connectivity index (χ2n) is 5.38. The highest BCUT2D eigenvalue weighted by Gasteiger charge is 2.16. The molecule has 0 aliphatic heterocycles. The number of nitrogens with one attached hydrogen (secondary N) is 2. The minimum Gasteiger partial charge on any atom is -0.497 e. The van der Waals surface area contributed by atoms with E-state index >= 15 is 0 Å². The average molecular weight is 333 g/mol. The maximum absolute atomic E-state index is 12.3. The molecule has 0 aromatic heterocycles. The van der Waals surface area contributed by atoms with Crippen molar-refractivity contribution in [3.8, 4) is 5.75 Å². The van der Waals surface area contributed by atoms with Gasteiger partial charge in [0.05, 0.1) is 13.2 Å². The smallest absolute Gasteiger partial charge is 0.241 e. The molecule has 2 rings (SSSR count). The van der Waals surface area contributed by atoms with Gasteiger partial charge in [0.2, 0.25) is 5.91 Å². The van der Waals surface area contributed by atoms with Crippen LogP contribution in [-0.4, -0.2) is 19.1 Å². The Bertz CT molecular complexity index is 658. The van der Waals surface area contributed by atoms with Crippen LogP contribution in [0.15, 0.2) is 48.5 Å². The number of methoxy groups -OCH3 is 1. The van der Waals surface area contributed by atoms with Crippen molar-refractivity contribution in [2.24, 2.45) is 0 Å². The molecule has 2 atom stereocenters. The number of halogens is 1. The summed E-state index contributed by atoms with van der Waals surface area (Å²) in [7, 11) is 1.61. The summed E-state index contributed by atoms with van der Waals surface area (Å²) < 4.78 is 5.10. The van der Waals surface area contributed by atoms with Crippen LogP contribution in [0.25, 0.3) is 0 Å². The van der Waals surface area contributed by atoms with Gasteiger partial charge in [0.1, 0.15) is 5.75 Å². The van der Waals surface area contributed by atoms with Crippen LogP contribution in [0.2, 0.25) is 5.02 Å². The summed E-state index contributed by atoms with van der Waals surface area (Å²) in [6.45, 7) is 3.84. The average Bonchev–Trinajstić information content (AvgIpc) is 2.55. The van der Waals surface area contributed by atoms with E-state index in [9.17, 15) is 4.79 Å². The van der Waals surface area contributed by atoms with E-state index in [4.69, 9.17) is 16.3 Å². The molecule has 2 aromatic carbocycles. The Morgan fingerprint density at radius 2 is 1.83 bits per heavy atom. The van der Waals surface area contributed by atoms with Gasteiger partial charge >= 0.3 is 0 Å². The molecule has 23 heavy (non-hydrogen) atoms. The lowest BCUT2D eigenvalue weighted by Gasteiger charge is -2.20. The van der Waals surface area contributed by atoms with E-state index in [1.54, 1.807) is 7.11 Å². The first kappa shape index (κ1) is 17.3. The first-order valence-corrected chi connectivity index (χ1v) is 7.84. The molecule has 4 nitrogen and oxygen atoms in total. The molecule has 0 aliphatic rings. The number of carbonyl (C=O) groups excluding carboxylic acids is 1. The molecule has 0 saturated carbocycles. The molecule has 2 aromatic rings. The van der Waals surface area contributed by atoms with Crippen LogP contribution in [0.1, 0.15) is 25.5 Å². The second-order valence-corrected chi connectivity index (χ2v) is 5.82. The summed E-state index contributed by atoms with van der Waals surface area (Å²) in [6.07, 6.45) is 0. The largest absolute Gasteiger partial charge is 0.497 e. The molecule has 5 heteroatoms. The van der Waals surface area contributed by atoms with Crippen molar-refractivity contribution in [3.05, 3.63) is 59.1 Å². The first-order chi connectivity index (χ1) is 11.0. The van der Waals surface area contributed by atoms with Gasteiger partial charge in [0.25, 0.3) is 0 Å². The predicted molar refractivity (Wildman–Crippen MR) is 94.1 cm³/mol. The number of anilines is 1. The van der Waals surface area contributed by atoms with Gasteiger partial charge in [-0.1, -0.05) is 23.7 Å². The molecule has 0 radical (unpaired) electrons. The van der Waals surface area contributed by atoms with Crippen LogP contribution < -0.4 is 15.4 Å². The third-order valence-electron chi connectivity index (χ3n) is 3.60. The lowest BCUT2D eigenvalue weighted by molar-refractivity contribution is -0.117. The highest BCUT2D eigenvalue weighted by molar-refractivity contribution is 6.30. The van der Waals surface area contributed by atoms with Gasteiger partial charge in [-0.2, -0.15) is 0 Å². The van der Waals surface area contributed by atoms with Gasteiger partial charge in [0, 0.05) is 16.8 Å². The van der Waals surface area contributed by atoms with Crippen LogP contribution in [0.3, 0.4) is 0 Å². The van der Waals surface area contributed by atoms with Gasteiger partial charge in [0.15, 0.2) is 0 Å². The zero-order chi connectivity index (χ0) is 16.8. The Balaban J connectivity index is 1.93. The zero-order valence-corrected chi connectivity index (χ0v) is 14.2. The normalized spacial score (nSPS) is 13.2. The first-order valence-electron chi connectivity index (χ1n) is 7.46. The minimum atomic E-state index is -0.342. The van der Waals surface area contributed by atoms with E-state index in [1.165, 1.54) is 0 Å². The molecule has 0 aliphatic carbocycles. The lowest BCUT2D eigenvalue weighted by Crippen LogP contribution is -2.39. The molecule has 0 bridgehead atoms. The summed E-state index contributed by atoms with van der Waals surface area (Å²) in [5, 5.41) is 6.84. The van der Waals surface area contributed by atoms with Crippen LogP contribution in [0, 0.1) is 0 Å². The monoisotopic (exact) mass is 332 g/mol. The minimum absolute atomic E-state index is 0.0188. The Labute approximate surface area is 141 Å². The van der Waals surface area contributed by atoms with E-state index in [2.05, 4.69) is 10.6 Å². The van der Waals surface area contributed by atoms with Crippen molar-refractivity contribution in [2.75, 3.05) is 12.4 Å². The summed E-state index contributed by atoms with van der Waals surface area (Å²) in [5.41, 5.74) is 1.78. The van der Waals surface area contributed by atoms with E-state index < -0.39 is 0 Å². The fraction of sp³-hybridized carbons (Fsp3) is 0.278. The van der Waals surface area contributed by atoms with Crippen molar-refractivity contribution in [1.82, 2.24) is 5.32 Å². The third kappa shape index (κ3) is 4.98. The number of hydrogen-bond acceptors (Lipinski definition) is 3. The number of rotatable bonds is 6. The van der Waals surface area contributed by atoms with Gasteiger partial charge in [-0.3, -0.25) is 10.1 Å².